The molecule has 0 unspecified atom stereocenters. The number of aryl methyl sites for hydroxylation is 1. The summed E-state index contributed by atoms with van der Waals surface area (Å²) in [6.07, 6.45) is 0. The molecular formula is C15H14O4. The van der Waals surface area contributed by atoms with Crippen molar-refractivity contribution in [2.45, 2.75) is 13.5 Å². The summed E-state index contributed by atoms with van der Waals surface area (Å²) in [4.78, 5) is 11.9. The number of carbonyl (C=O) groups is 1. The third-order valence-electron chi connectivity index (χ3n) is 2.77. The third kappa shape index (κ3) is 2.85. The van der Waals surface area contributed by atoms with E-state index in [0.717, 1.165) is 5.56 Å². The van der Waals surface area contributed by atoms with Crippen LogP contribution in [0.3, 0.4) is 0 Å². The Kier molecular flexibility index (Phi) is 3.71. The lowest BCUT2D eigenvalue weighted by Crippen LogP contribution is -2.06. The molecule has 0 atom stereocenters. The minimum atomic E-state index is -0.748. The summed E-state index contributed by atoms with van der Waals surface area (Å²) in [6, 6.07) is 12.1. The predicted molar refractivity (Wildman–Crippen MR) is 70.1 cm³/mol. The van der Waals surface area contributed by atoms with Crippen molar-refractivity contribution in [2.24, 2.45) is 0 Å². The van der Waals surface area contributed by atoms with Crippen LogP contribution in [0.5, 0.6) is 11.5 Å². The molecule has 19 heavy (non-hydrogen) atoms. The van der Waals surface area contributed by atoms with E-state index in [-0.39, 0.29) is 23.7 Å². The van der Waals surface area contributed by atoms with E-state index in [2.05, 4.69) is 0 Å². The van der Waals surface area contributed by atoms with Crippen molar-refractivity contribution in [2.75, 3.05) is 0 Å². The second kappa shape index (κ2) is 5.44. The van der Waals surface area contributed by atoms with Crippen LogP contribution in [-0.4, -0.2) is 16.2 Å². The number of hydrogen-bond acceptors (Lipinski definition) is 4. The minimum Gasteiger partial charge on any atom is -0.507 e. The van der Waals surface area contributed by atoms with Crippen molar-refractivity contribution in [1.29, 1.82) is 0 Å². The second-order valence-electron chi connectivity index (χ2n) is 4.19. The Morgan fingerprint density at radius 2 is 1.79 bits per heavy atom. The molecule has 98 valence electrons. The Morgan fingerprint density at radius 1 is 1.11 bits per heavy atom. The second-order valence-corrected chi connectivity index (χ2v) is 4.19. The fourth-order valence-electron chi connectivity index (χ4n) is 1.68. The monoisotopic (exact) mass is 258 g/mol. The average molecular weight is 258 g/mol. The zero-order chi connectivity index (χ0) is 13.8. The standard InChI is InChI=1S/C15H14O4/c1-10-7-8-12(16)13(14(10)17)15(18)19-9-11-5-3-2-4-6-11/h2-8,16-17H,9H2,1H3. The van der Waals surface area contributed by atoms with Gasteiger partial charge in [0.15, 0.2) is 0 Å². The molecule has 0 heterocycles. The Labute approximate surface area is 110 Å². The first-order valence-electron chi connectivity index (χ1n) is 5.82. The van der Waals surface area contributed by atoms with Gasteiger partial charge in [0.2, 0.25) is 0 Å². The highest BCUT2D eigenvalue weighted by atomic mass is 16.5. The molecule has 0 radical (unpaired) electrons. The van der Waals surface area contributed by atoms with Gasteiger partial charge in [0, 0.05) is 0 Å². The molecule has 0 aliphatic rings. The molecule has 0 bridgehead atoms. The molecule has 4 heteroatoms. The predicted octanol–water partition coefficient (Wildman–Crippen LogP) is 2.76. The van der Waals surface area contributed by atoms with Crippen LogP contribution in [0.25, 0.3) is 0 Å². The van der Waals surface area contributed by atoms with Gasteiger partial charge in [-0.15, -0.1) is 0 Å². The lowest BCUT2D eigenvalue weighted by molar-refractivity contribution is 0.0466. The van der Waals surface area contributed by atoms with E-state index in [1.54, 1.807) is 6.92 Å². The number of hydrogen-bond donors (Lipinski definition) is 2. The van der Waals surface area contributed by atoms with Crippen molar-refractivity contribution in [3.63, 3.8) is 0 Å². The number of esters is 1. The summed E-state index contributed by atoms with van der Waals surface area (Å²) >= 11 is 0. The number of rotatable bonds is 3. The van der Waals surface area contributed by atoms with Gasteiger partial charge < -0.3 is 14.9 Å². The molecular weight excluding hydrogens is 244 g/mol. The van der Waals surface area contributed by atoms with Gasteiger partial charge in [0.25, 0.3) is 0 Å². The van der Waals surface area contributed by atoms with E-state index >= 15 is 0 Å². The molecule has 0 saturated carbocycles. The number of phenolic OH excluding ortho intramolecular Hbond substituents is 2. The van der Waals surface area contributed by atoms with Crippen molar-refractivity contribution in [3.05, 3.63) is 59.2 Å². The summed E-state index contributed by atoms with van der Waals surface area (Å²) in [5.74, 6) is -1.29. The van der Waals surface area contributed by atoms with Crippen LogP contribution in [0.2, 0.25) is 0 Å². The van der Waals surface area contributed by atoms with Crippen LogP contribution in [0.1, 0.15) is 21.5 Å². The highest BCUT2D eigenvalue weighted by molar-refractivity contribution is 5.95. The summed E-state index contributed by atoms with van der Waals surface area (Å²) in [5, 5.41) is 19.4. The van der Waals surface area contributed by atoms with Gasteiger partial charge in [-0.2, -0.15) is 0 Å². The van der Waals surface area contributed by atoms with Crippen LogP contribution < -0.4 is 0 Å². The molecule has 0 amide bonds. The van der Waals surface area contributed by atoms with Gasteiger partial charge in [-0.3, -0.25) is 0 Å². The number of phenols is 2. The Bertz CT molecular complexity index is 591. The van der Waals surface area contributed by atoms with Gasteiger partial charge in [-0.25, -0.2) is 4.79 Å². The minimum absolute atomic E-state index is 0.0898. The first-order chi connectivity index (χ1) is 9.09. The van der Waals surface area contributed by atoms with E-state index in [1.807, 2.05) is 30.3 Å². The fourth-order valence-corrected chi connectivity index (χ4v) is 1.68. The summed E-state index contributed by atoms with van der Waals surface area (Å²) in [7, 11) is 0. The maximum atomic E-state index is 11.9. The summed E-state index contributed by atoms with van der Waals surface area (Å²) in [5.41, 5.74) is 1.14. The van der Waals surface area contributed by atoms with Crippen LogP contribution in [0, 0.1) is 6.92 Å². The van der Waals surface area contributed by atoms with Crippen LogP contribution >= 0.6 is 0 Å². The van der Waals surface area contributed by atoms with E-state index in [4.69, 9.17) is 4.74 Å². The number of carbonyl (C=O) groups excluding carboxylic acids is 1. The van der Waals surface area contributed by atoms with Gasteiger partial charge in [-0.05, 0) is 24.1 Å². The van der Waals surface area contributed by atoms with Gasteiger partial charge in [-0.1, -0.05) is 36.4 Å². The molecule has 0 aromatic heterocycles. The average Bonchev–Trinajstić information content (AvgIpc) is 2.42. The summed E-state index contributed by atoms with van der Waals surface area (Å²) in [6.45, 7) is 1.73. The molecule has 0 fully saturated rings. The Morgan fingerprint density at radius 3 is 2.47 bits per heavy atom. The van der Waals surface area contributed by atoms with Crippen LogP contribution in [-0.2, 0) is 11.3 Å². The highest BCUT2D eigenvalue weighted by Gasteiger charge is 2.19. The molecule has 2 aromatic rings. The van der Waals surface area contributed by atoms with E-state index in [9.17, 15) is 15.0 Å². The first kappa shape index (κ1) is 13.0. The van der Waals surface area contributed by atoms with E-state index in [0.29, 0.717) is 5.56 Å². The number of aromatic hydroxyl groups is 2. The first-order valence-corrected chi connectivity index (χ1v) is 5.82. The zero-order valence-corrected chi connectivity index (χ0v) is 10.5. The van der Waals surface area contributed by atoms with Crippen molar-refractivity contribution in [1.82, 2.24) is 0 Å². The molecule has 2 rings (SSSR count). The SMILES string of the molecule is Cc1ccc(O)c(C(=O)OCc2ccccc2)c1O. The smallest absolute Gasteiger partial charge is 0.346 e. The maximum absolute atomic E-state index is 11.9. The lowest BCUT2D eigenvalue weighted by atomic mass is 10.1. The third-order valence-corrected chi connectivity index (χ3v) is 2.77. The normalized spacial score (nSPS) is 10.2. The van der Waals surface area contributed by atoms with Crippen molar-refractivity contribution < 1.29 is 19.7 Å². The fraction of sp³-hybridized carbons (Fsp3) is 0.133. The van der Waals surface area contributed by atoms with Gasteiger partial charge in [0.1, 0.15) is 23.7 Å². The number of benzene rings is 2. The molecule has 0 spiro atoms. The molecule has 0 aliphatic carbocycles. The molecule has 2 N–H and O–H groups in total. The topological polar surface area (TPSA) is 66.8 Å². The summed E-state index contributed by atoms with van der Waals surface area (Å²) < 4.78 is 5.07. The van der Waals surface area contributed by atoms with E-state index < -0.39 is 5.97 Å². The molecule has 0 aliphatic heterocycles. The Balaban J connectivity index is 2.15. The van der Waals surface area contributed by atoms with Crippen molar-refractivity contribution in [3.8, 4) is 11.5 Å². The van der Waals surface area contributed by atoms with Crippen LogP contribution in [0.15, 0.2) is 42.5 Å². The maximum Gasteiger partial charge on any atom is 0.346 e. The van der Waals surface area contributed by atoms with Gasteiger partial charge in [0.05, 0.1) is 0 Å². The Hall–Kier alpha value is -2.49. The highest BCUT2D eigenvalue weighted by Crippen LogP contribution is 2.30. The number of ether oxygens (including phenoxy) is 1. The van der Waals surface area contributed by atoms with Crippen LogP contribution in [0.4, 0.5) is 0 Å². The van der Waals surface area contributed by atoms with E-state index in [1.165, 1.54) is 12.1 Å². The van der Waals surface area contributed by atoms with Gasteiger partial charge >= 0.3 is 5.97 Å². The van der Waals surface area contributed by atoms with Crippen molar-refractivity contribution >= 4 is 5.97 Å². The largest absolute Gasteiger partial charge is 0.507 e. The zero-order valence-electron chi connectivity index (χ0n) is 10.5. The molecule has 2 aromatic carbocycles. The molecule has 0 saturated heterocycles. The molecule has 4 nitrogen and oxygen atoms in total. The quantitative estimate of drug-likeness (QED) is 0.831. The lowest BCUT2D eigenvalue weighted by Gasteiger charge is -2.09.